The number of hydrogen-bond acceptors (Lipinski definition) is 4. The van der Waals surface area contributed by atoms with Crippen molar-refractivity contribution in [2.75, 3.05) is 13.6 Å². The Morgan fingerprint density at radius 2 is 2.17 bits per heavy atom. The van der Waals surface area contributed by atoms with Gasteiger partial charge in [-0.15, -0.1) is 24.0 Å². The molecule has 2 heterocycles. The summed E-state index contributed by atoms with van der Waals surface area (Å²) < 4.78 is 5.27. The maximum atomic E-state index is 5.27. The van der Waals surface area contributed by atoms with Crippen LogP contribution < -0.4 is 10.6 Å². The lowest BCUT2D eigenvalue weighted by molar-refractivity contribution is 0.481. The maximum absolute atomic E-state index is 5.27. The predicted molar refractivity (Wildman–Crippen MR) is 102 cm³/mol. The van der Waals surface area contributed by atoms with Crippen molar-refractivity contribution in [2.45, 2.75) is 33.2 Å². The first kappa shape index (κ1) is 19.5. The average molecular weight is 432 g/mol. The fraction of sp³-hybridized carbons (Fsp3) is 0.533. The van der Waals surface area contributed by atoms with E-state index in [0.717, 1.165) is 24.7 Å². The predicted octanol–water partition coefficient (Wildman–Crippen LogP) is 2.43. The van der Waals surface area contributed by atoms with E-state index >= 15 is 0 Å². The van der Waals surface area contributed by atoms with Gasteiger partial charge < -0.3 is 15.1 Å². The smallest absolute Gasteiger partial charge is 0.216 e. The first-order valence-electron chi connectivity index (χ1n) is 7.52. The van der Waals surface area contributed by atoms with E-state index in [2.05, 4.69) is 51.6 Å². The molecule has 2 aromatic heterocycles. The fourth-order valence-electron chi connectivity index (χ4n) is 1.80. The number of nitrogens with zero attached hydrogens (tertiary/aromatic N) is 3. The van der Waals surface area contributed by atoms with Gasteiger partial charge >= 0.3 is 0 Å². The Morgan fingerprint density at radius 1 is 1.39 bits per heavy atom. The number of hydrogen-bond donors (Lipinski definition) is 3. The summed E-state index contributed by atoms with van der Waals surface area (Å²) >= 11 is 0. The van der Waals surface area contributed by atoms with E-state index < -0.39 is 0 Å². The lowest BCUT2D eigenvalue weighted by Gasteiger charge is -2.20. The van der Waals surface area contributed by atoms with Gasteiger partial charge in [0, 0.05) is 26.1 Å². The highest BCUT2D eigenvalue weighted by atomic mass is 127. The molecule has 128 valence electrons. The van der Waals surface area contributed by atoms with Crippen LogP contribution in [0.2, 0.25) is 0 Å². The van der Waals surface area contributed by atoms with Crippen molar-refractivity contribution in [3.63, 3.8) is 0 Å². The van der Waals surface area contributed by atoms with E-state index in [1.54, 1.807) is 13.3 Å². The number of nitrogens with one attached hydrogen (secondary N) is 3. The summed E-state index contributed by atoms with van der Waals surface area (Å²) in [4.78, 5) is 8.62. The van der Waals surface area contributed by atoms with Gasteiger partial charge in [0.1, 0.15) is 5.82 Å². The minimum absolute atomic E-state index is 0. The molecule has 8 heteroatoms. The van der Waals surface area contributed by atoms with Crippen LogP contribution in [-0.4, -0.2) is 40.8 Å². The van der Waals surface area contributed by atoms with Crippen molar-refractivity contribution in [1.82, 2.24) is 25.8 Å². The molecular formula is C15H25IN6O. The highest BCUT2D eigenvalue weighted by Crippen LogP contribution is 2.14. The van der Waals surface area contributed by atoms with Crippen LogP contribution in [0.15, 0.2) is 27.8 Å². The van der Waals surface area contributed by atoms with Crippen molar-refractivity contribution in [3.8, 4) is 11.6 Å². The van der Waals surface area contributed by atoms with Crippen LogP contribution in [-0.2, 0) is 6.42 Å². The van der Waals surface area contributed by atoms with E-state index in [4.69, 9.17) is 4.42 Å². The topological polar surface area (TPSA) is 91.1 Å². The minimum atomic E-state index is 0. The normalized spacial score (nSPS) is 12.8. The van der Waals surface area contributed by atoms with Gasteiger partial charge in [0.15, 0.2) is 11.7 Å². The number of aromatic amines is 1. The van der Waals surface area contributed by atoms with Crippen molar-refractivity contribution in [1.29, 1.82) is 0 Å². The first-order valence-corrected chi connectivity index (χ1v) is 7.52. The molecule has 3 N–H and O–H groups in total. The zero-order chi connectivity index (χ0) is 15.9. The van der Waals surface area contributed by atoms with Crippen LogP contribution in [0.1, 0.15) is 26.6 Å². The second-order valence-electron chi connectivity index (χ2n) is 5.51. The number of guanidine groups is 1. The Hall–Kier alpha value is -1.58. The van der Waals surface area contributed by atoms with Gasteiger partial charge in [-0.1, -0.05) is 13.8 Å². The molecule has 0 spiro atoms. The van der Waals surface area contributed by atoms with Crippen LogP contribution in [0.25, 0.3) is 11.6 Å². The van der Waals surface area contributed by atoms with Crippen LogP contribution in [0.4, 0.5) is 0 Å². The lowest BCUT2D eigenvalue weighted by Crippen LogP contribution is -2.44. The summed E-state index contributed by atoms with van der Waals surface area (Å²) in [6.45, 7) is 7.21. The fourth-order valence-corrected chi connectivity index (χ4v) is 1.80. The minimum Gasteiger partial charge on any atom is -0.461 e. The highest BCUT2D eigenvalue weighted by molar-refractivity contribution is 14.0. The molecule has 0 radical (unpaired) electrons. The van der Waals surface area contributed by atoms with Gasteiger partial charge in [-0.25, -0.2) is 4.98 Å². The monoisotopic (exact) mass is 432 g/mol. The van der Waals surface area contributed by atoms with E-state index in [1.807, 2.05) is 12.1 Å². The van der Waals surface area contributed by atoms with E-state index in [1.165, 1.54) is 0 Å². The SMILES string of the molecule is CN=C(NCCc1nc(-c2ccco2)n[nH]1)NC(C)C(C)C.I. The standard InChI is InChI=1S/C15H24N6O.HI/c1-10(2)11(3)18-15(16-4)17-8-7-13-19-14(21-20-13)12-6-5-9-22-12;/h5-6,9-11H,7-8H2,1-4H3,(H2,16,17,18)(H,19,20,21);1H. The molecule has 1 atom stereocenters. The van der Waals surface area contributed by atoms with Crippen molar-refractivity contribution < 1.29 is 4.42 Å². The van der Waals surface area contributed by atoms with Gasteiger partial charge in [0.25, 0.3) is 0 Å². The number of aliphatic imine (C=N–C) groups is 1. The Labute approximate surface area is 153 Å². The molecule has 0 aliphatic carbocycles. The number of halogens is 1. The highest BCUT2D eigenvalue weighted by Gasteiger charge is 2.10. The Bertz CT molecular complexity index is 593. The molecule has 2 aromatic rings. The molecule has 0 aliphatic heterocycles. The third kappa shape index (κ3) is 5.85. The summed E-state index contributed by atoms with van der Waals surface area (Å²) in [6.07, 6.45) is 2.34. The number of rotatable bonds is 6. The summed E-state index contributed by atoms with van der Waals surface area (Å²) in [5.41, 5.74) is 0. The largest absolute Gasteiger partial charge is 0.461 e. The quantitative estimate of drug-likeness (QED) is 0.371. The average Bonchev–Trinajstić information content (AvgIpc) is 3.16. The molecule has 0 fully saturated rings. The zero-order valence-electron chi connectivity index (χ0n) is 14.0. The number of aromatic nitrogens is 3. The van der Waals surface area contributed by atoms with Gasteiger partial charge in [-0.2, -0.15) is 5.10 Å². The van der Waals surface area contributed by atoms with Crippen LogP contribution in [0.3, 0.4) is 0 Å². The molecule has 0 amide bonds. The number of H-pyrrole nitrogens is 1. The molecule has 7 nitrogen and oxygen atoms in total. The molecule has 23 heavy (non-hydrogen) atoms. The molecule has 1 unspecified atom stereocenters. The molecule has 0 bridgehead atoms. The summed E-state index contributed by atoms with van der Waals surface area (Å²) in [5.74, 6) is 3.40. The Morgan fingerprint density at radius 3 is 2.78 bits per heavy atom. The summed E-state index contributed by atoms with van der Waals surface area (Å²) in [6, 6.07) is 4.02. The van der Waals surface area contributed by atoms with Crippen LogP contribution in [0, 0.1) is 5.92 Å². The second kappa shape index (κ2) is 9.53. The summed E-state index contributed by atoms with van der Waals surface area (Å²) in [7, 11) is 1.77. The maximum Gasteiger partial charge on any atom is 0.216 e. The second-order valence-corrected chi connectivity index (χ2v) is 5.51. The molecule has 0 aromatic carbocycles. The van der Waals surface area contributed by atoms with Crippen molar-refractivity contribution in [2.24, 2.45) is 10.9 Å². The van der Waals surface area contributed by atoms with Crippen LogP contribution >= 0.6 is 24.0 Å². The molecule has 0 saturated heterocycles. The van der Waals surface area contributed by atoms with Crippen molar-refractivity contribution >= 4 is 29.9 Å². The van der Waals surface area contributed by atoms with Crippen molar-refractivity contribution in [3.05, 3.63) is 24.2 Å². The molecular weight excluding hydrogens is 407 g/mol. The van der Waals surface area contributed by atoms with E-state index in [0.29, 0.717) is 23.5 Å². The Kier molecular flexibility index (Phi) is 8.07. The lowest BCUT2D eigenvalue weighted by atomic mass is 10.1. The zero-order valence-corrected chi connectivity index (χ0v) is 16.3. The molecule has 2 rings (SSSR count). The van der Waals surface area contributed by atoms with E-state index in [9.17, 15) is 0 Å². The molecule has 0 aliphatic rings. The first-order chi connectivity index (χ1) is 10.6. The third-order valence-electron chi connectivity index (χ3n) is 3.52. The van der Waals surface area contributed by atoms with Crippen LogP contribution in [0.5, 0.6) is 0 Å². The summed E-state index contributed by atoms with van der Waals surface area (Å²) in [5, 5.41) is 13.7. The van der Waals surface area contributed by atoms with E-state index in [-0.39, 0.29) is 24.0 Å². The molecule has 0 saturated carbocycles. The third-order valence-corrected chi connectivity index (χ3v) is 3.52. The van der Waals surface area contributed by atoms with Gasteiger partial charge in [-0.3, -0.25) is 10.1 Å². The van der Waals surface area contributed by atoms with Gasteiger partial charge in [-0.05, 0) is 25.0 Å². The Balaban J connectivity index is 0.00000264. The van der Waals surface area contributed by atoms with Gasteiger partial charge in [0.2, 0.25) is 5.82 Å². The number of furan rings is 1. The van der Waals surface area contributed by atoms with Gasteiger partial charge in [0.05, 0.1) is 6.26 Å².